The number of fused-ring (bicyclic) bond motifs is 1. The summed E-state index contributed by atoms with van der Waals surface area (Å²) in [5, 5.41) is 12.2. The number of nitrogens with one attached hydrogen (secondary N) is 2. The molecule has 1 aromatic carbocycles. The van der Waals surface area contributed by atoms with Crippen molar-refractivity contribution in [3.63, 3.8) is 0 Å². The minimum atomic E-state index is -0.585. The number of aromatic nitrogens is 3. The van der Waals surface area contributed by atoms with Crippen LogP contribution >= 0.6 is 15.9 Å². The predicted octanol–water partition coefficient (Wildman–Crippen LogP) is 2.06. The molecule has 0 fully saturated rings. The zero-order valence-electron chi connectivity index (χ0n) is 16.0. The fraction of sp³-hybridized carbons (Fsp3) is 0.200. The highest BCUT2D eigenvalue weighted by Crippen LogP contribution is 2.27. The highest BCUT2D eigenvalue weighted by Gasteiger charge is 2.34. The Balaban J connectivity index is 1.66. The molecule has 0 unspecified atom stereocenters. The van der Waals surface area contributed by atoms with E-state index in [0.717, 1.165) is 21.1 Å². The number of aromatic amines is 1. The quantitative estimate of drug-likeness (QED) is 0.470. The van der Waals surface area contributed by atoms with Gasteiger partial charge in [-0.1, -0.05) is 0 Å². The number of anilines is 1. The number of aliphatic hydroxyl groups excluding tert-OH is 1. The van der Waals surface area contributed by atoms with Crippen LogP contribution in [0.25, 0.3) is 22.4 Å². The van der Waals surface area contributed by atoms with E-state index in [9.17, 15) is 9.59 Å². The molecule has 3 heterocycles. The van der Waals surface area contributed by atoms with Crippen molar-refractivity contribution in [3.05, 3.63) is 52.4 Å². The lowest BCUT2D eigenvalue weighted by molar-refractivity contribution is -0.136. The minimum Gasteiger partial charge on any atom is -0.466 e. The number of hydrogen-bond acceptors (Lipinski definition) is 7. The van der Waals surface area contributed by atoms with Gasteiger partial charge in [-0.05, 0) is 40.2 Å². The van der Waals surface area contributed by atoms with Crippen LogP contribution < -0.4 is 5.32 Å². The predicted molar refractivity (Wildman–Crippen MR) is 113 cm³/mol. The smallest absolute Gasteiger partial charge is 0.337 e. The number of benzene rings is 1. The lowest BCUT2D eigenvalue weighted by Gasteiger charge is -2.15. The number of esters is 1. The van der Waals surface area contributed by atoms with Crippen LogP contribution in [0.3, 0.4) is 0 Å². The third kappa shape index (κ3) is 3.79. The van der Waals surface area contributed by atoms with Crippen LogP contribution in [0.5, 0.6) is 0 Å². The number of methoxy groups -OCH3 is 1. The Labute approximate surface area is 179 Å². The molecule has 0 spiro atoms. The number of carbonyl (C=O) groups is 2. The van der Waals surface area contributed by atoms with Crippen LogP contribution in [0.2, 0.25) is 0 Å². The molecule has 4 rings (SSSR count). The number of aliphatic hydroxyl groups is 1. The Kier molecular flexibility index (Phi) is 5.51. The van der Waals surface area contributed by atoms with Gasteiger partial charge in [0.15, 0.2) is 0 Å². The molecule has 0 saturated carbocycles. The Morgan fingerprint density at radius 2 is 2.20 bits per heavy atom. The molecular formula is C20H18BrN5O4. The molecule has 0 radical (unpaired) electrons. The highest BCUT2D eigenvalue weighted by molar-refractivity contribution is 9.10. The van der Waals surface area contributed by atoms with Crippen LogP contribution in [0.4, 0.5) is 5.69 Å². The number of amides is 1. The number of pyridine rings is 1. The van der Waals surface area contributed by atoms with Crippen molar-refractivity contribution in [1.29, 1.82) is 0 Å². The molecule has 1 amide bonds. The summed E-state index contributed by atoms with van der Waals surface area (Å²) in [4.78, 5) is 38.1. The fourth-order valence-electron chi connectivity index (χ4n) is 3.26. The normalized spacial score (nSPS) is 14.0. The number of carbonyl (C=O) groups excluding carboxylic acids is 2. The molecule has 0 aliphatic carbocycles. The number of imidazole rings is 1. The second-order valence-electron chi connectivity index (χ2n) is 6.63. The minimum absolute atomic E-state index is 0.0841. The van der Waals surface area contributed by atoms with E-state index in [4.69, 9.17) is 9.84 Å². The Bertz CT molecular complexity index is 1170. The Hall–Kier alpha value is -3.24. The van der Waals surface area contributed by atoms with E-state index < -0.39 is 5.97 Å². The largest absolute Gasteiger partial charge is 0.466 e. The molecule has 0 atom stereocenters. The summed E-state index contributed by atoms with van der Waals surface area (Å²) in [6.07, 6.45) is 3.40. The first-order chi connectivity index (χ1) is 14.5. The molecule has 1 aliphatic rings. The summed E-state index contributed by atoms with van der Waals surface area (Å²) < 4.78 is 5.65. The zero-order chi connectivity index (χ0) is 21.3. The van der Waals surface area contributed by atoms with Crippen molar-refractivity contribution in [2.75, 3.05) is 32.1 Å². The molecule has 9 nitrogen and oxygen atoms in total. The summed E-state index contributed by atoms with van der Waals surface area (Å²) in [5.74, 6) is -0.287. The summed E-state index contributed by atoms with van der Waals surface area (Å²) in [5.41, 5.74) is 3.31. The average molecular weight is 472 g/mol. The monoisotopic (exact) mass is 471 g/mol. The first kappa shape index (κ1) is 20.0. The average Bonchev–Trinajstić information content (AvgIpc) is 3.30. The van der Waals surface area contributed by atoms with E-state index in [1.54, 1.807) is 24.5 Å². The van der Waals surface area contributed by atoms with E-state index in [1.807, 2.05) is 12.1 Å². The van der Waals surface area contributed by atoms with Crippen LogP contribution in [0.1, 0.15) is 0 Å². The van der Waals surface area contributed by atoms with Gasteiger partial charge in [-0.15, -0.1) is 0 Å². The summed E-state index contributed by atoms with van der Waals surface area (Å²) >= 11 is 3.40. The van der Waals surface area contributed by atoms with Gasteiger partial charge in [0, 0.05) is 34.7 Å². The van der Waals surface area contributed by atoms with Crippen LogP contribution in [-0.4, -0.2) is 63.6 Å². The van der Waals surface area contributed by atoms with E-state index in [1.165, 1.54) is 12.0 Å². The molecule has 2 aromatic heterocycles. The lowest BCUT2D eigenvalue weighted by atomic mass is 10.2. The topological polar surface area (TPSA) is 120 Å². The molecule has 10 heteroatoms. The number of β-amino-alcohol motifs (C(OH)–C–C–N with tert-alkyl or cyclic N) is 1. The SMILES string of the molecule is COC(=O)C1=C(Nc2ccc3nc(-c4cncc(Br)c4)[nH]c3c2)C(=O)N(CCO)C1. The lowest BCUT2D eigenvalue weighted by Crippen LogP contribution is -2.31. The van der Waals surface area contributed by atoms with Gasteiger partial charge >= 0.3 is 5.97 Å². The number of halogens is 1. The van der Waals surface area contributed by atoms with Gasteiger partial charge in [0.1, 0.15) is 11.5 Å². The van der Waals surface area contributed by atoms with Crippen LogP contribution in [-0.2, 0) is 14.3 Å². The molecular weight excluding hydrogens is 454 g/mol. The first-order valence-corrected chi connectivity index (χ1v) is 9.88. The maximum absolute atomic E-state index is 12.7. The standard InChI is InChI=1S/C20H18BrN5O4/c1-30-20(29)14-10-26(4-5-27)19(28)17(14)23-13-2-3-15-16(7-13)25-18(24-15)11-6-12(21)9-22-8-11/h2-3,6-9,23,27H,4-5,10H2,1H3,(H,24,25). The number of H-pyrrole nitrogens is 1. The first-order valence-electron chi connectivity index (χ1n) is 9.09. The molecule has 154 valence electrons. The summed E-state index contributed by atoms with van der Waals surface area (Å²) in [6, 6.07) is 7.30. The number of hydrogen-bond donors (Lipinski definition) is 3. The van der Waals surface area contributed by atoms with Crippen LogP contribution in [0.15, 0.2) is 52.4 Å². The molecule has 1 aliphatic heterocycles. The second kappa shape index (κ2) is 8.25. The van der Waals surface area contributed by atoms with Crippen molar-refractivity contribution in [2.24, 2.45) is 0 Å². The van der Waals surface area contributed by atoms with Crippen molar-refractivity contribution in [3.8, 4) is 11.4 Å². The van der Waals surface area contributed by atoms with Gasteiger partial charge < -0.3 is 25.0 Å². The van der Waals surface area contributed by atoms with Gasteiger partial charge in [0.2, 0.25) is 0 Å². The van der Waals surface area contributed by atoms with Gasteiger partial charge in [-0.25, -0.2) is 9.78 Å². The maximum Gasteiger partial charge on any atom is 0.337 e. The molecule has 3 aromatic rings. The molecule has 0 saturated heterocycles. The van der Waals surface area contributed by atoms with Crippen molar-refractivity contribution >= 4 is 44.5 Å². The van der Waals surface area contributed by atoms with E-state index in [0.29, 0.717) is 11.5 Å². The number of nitrogens with zero attached hydrogens (tertiary/aromatic N) is 3. The highest BCUT2D eigenvalue weighted by atomic mass is 79.9. The Morgan fingerprint density at radius 3 is 2.93 bits per heavy atom. The van der Waals surface area contributed by atoms with Crippen LogP contribution in [0, 0.1) is 0 Å². The maximum atomic E-state index is 12.7. The van der Waals surface area contributed by atoms with Gasteiger partial charge in [0.05, 0.1) is 36.9 Å². The van der Waals surface area contributed by atoms with E-state index in [2.05, 4.69) is 36.2 Å². The fourth-order valence-corrected chi connectivity index (χ4v) is 3.62. The number of ether oxygens (including phenoxy) is 1. The van der Waals surface area contributed by atoms with Gasteiger partial charge in [0.25, 0.3) is 5.91 Å². The van der Waals surface area contributed by atoms with Gasteiger partial charge in [-0.3, -0.25) is 9.78 Å². The summed E-state index contributed by atoms with van der Waals surface area (Å²) in [6.45, 7) is 0.0235. The van der Waals surface area contributed by atoms with E-state index >= 15 is 0 Å². The van der Waals surface area contributed by atoms with Gasteiger partial charge in [-0.2, -0.15) is 0 Å². The second-order valence-corrected chi connectivity index (χ2v) is 7.55. The van der Waals surface area contributed by atoms with Crippen molar-refractivity contribution in [1.82, 2.24) is 19.9 Å². The Morgan fingerprint density at radius 1 is 1.37 bits per heavy atom. The van der Waals surface area contributed by atoms with Crippen molar-refractivity contribution < 1.29 is 19.4 Å². The molecule has 3 N–H and O–H groups in total. The molecule has 30 heavy (non-hydrogen) atoms. The number of rotatable bonds is 6. The third-order valence-corrected chi connectivity index (χ3v) is 5.12. The third-order valence-electron chi connectivity index (χ3n) is 4.68. The van der Waals surface area contributed by atoms with E-state index in [-0.39, 0.29) is 36.9 Å². The zero-order valence-corrected chi connectivity index (χ0v) is 17.6. The summed E-state index contributed by atoms with van der Waals surface area (Å²) in [7, 11) is 1.26. The van der Waals surface area contributed by atoms with Crippen molar-refractivity contribution in [2.45, 2.75) is 0 Å². The molecule has 0 bridgehead atoms.